The fourth-order valence-corrected chi connectivity index (χ4v) is 2.01. The molecule has 0 bridgehead atoms. The molecule has 2 unspecified atom stereocenters. The zero-order chi connectivity index (χ0) is 8.97. The van der Waals surface area contributed by atoms with E-state index in [1.807, 2.05) is 0 Å². The van der Waals surface area contributed by atoms with Crippen LogP contribution in [0.25, 0.3) is 0 Å². The molecular weight excluding hydrogens is 146 g/mol. The third-order valence-corrected chi connectivity index (χ3v) is 2.90. The first-order valence-corrected chi connectivity index (χ1v) is 5.43. The maximum Gasteiger partial charge on any atom is 0.00928 e. The summed E-state index contributed by atoms with van der Waals surface area (Å²) >= 11 is 0. The van der Waals surface area contributed by atoms with Gasteiger partial charge in [0.15, 0.2) is 0 Å². The van der Waals surface area contributed by atoms with E-state index in [1.165, 1.54) is 32.2 Å². The molecule has 1 nitrogen and oxygen atoms in total. The molecule has 1 aliphatic carbocycles. The molecule has 0 radical (unpaired) electrons. The number of nitrogens with one attached hydrogen (secondary N) is 1. The summed E-state index contributed by atoms with van der Waals surface area (Å²) in [5.41, 5.74) is 0. The molecule has 0 heterocycles. The summed E-state index contributed by atoms with van der Waals surface area (Å²) < 4.78 is 0. The molecule has 1 rings (SSSR count). The van der Waals surface area contributed by atoms with Gasteiger partial charge in [-0.25, -0.2) is 0 Å². The maximum absolute atomic E-state index is 3.67. The summed E-state index contributed by atoms with van der Waals surface area (Å²) in [6.07, 6.45) is 5.70. The SMILES string of the molecule is CC(C)CNC1CCCCC1C. The summed E-state index contributed by atoms with van der Waals surface area (Å²) in [6.45, 7) is 8.13. The van der Waals surface area contributed by atoms with Gasteiger partial charge in [-0.15, -0.1) is 0 Å². The Morgan fingerprint density at radius 2 is 1.92 bits per heavy atom. The van der Waals surface area contributed by atoms with Gasteiger partial charge in [0.05, 0.1) is 0 Å². The van der Waals surface area contributed by atoms with Crippen molar-refractivity contribution in [2.75, 3.05) is 6.54 Å². The monoisotopic (exact) mass is 169 g/mol. The molecule has 0 aromatic heterocycles. The van der Waals surface area contributed by atoms with Crippen molar-refractivity contribution < 1.29 is 0 Å². The fourth-order valence-electron chi connectivity index (χ4n) is 2.01. The standard InChI is InChI=1S/C11H23N/c1-9(2)8-12-11-7-5-4-6-10(11)3/h9-12H,4-8H2,1-3H3. The van der Waals surface area contributed by atoms with Gasteiger partial charge in [-0.1, -0.05) is 33.6 Å². The number of rotatable bonds is 3. The van der Waals surface area contributed by atoms with Crippen LogP contribution in [0.3, 0.4) is 0 Å². The minimum Gasteiger partial charge on any atom is -0.313 e. The van der Waals surface area contributed by atoms with Crippen molar-refractivity contribution in [3.8, 4) is 0 Å². The smallest absolute Gasteiger partial charge is 0.00928 e. The van der Waals surface area contributed by atoms with Gasteiger partial charge in [-0.2, -0.15) is 0 Å². The Morgan fingerprint density at radius 1 is 1.25 bits per heavy atom. The second kappa shape index (κ2) is 4.86. The summed E-state index contributed by atoms with van der Waals surface area (Å²) in [7, 11) is 0. The zero-order valence-corrected chi connectivity index (χ0v) is 8.77. The van der Waals surface area contributed by atoms with Gasteiger partial charge in [-0.3, -0.25) is 0 Å². The van der Waals surface area contributed by atoms with Crippen molar-refractivity contribution in [3.05, 3.63) is 0 Å². The lowest BCUT2D eigenvalue weighted by Crippen LogP contribution is -2.39. The lowest BCUT2D eigenvalue weighted by molar-refractivity contribution is 0.273. The van der Waals surface area contributed by atoms with E-state index in [2.05, 4.69) is 26.1 Å². The van der Waals surface area contributed by atoms with Gasteiger partial charge >= 0.3 is 0 Å². The van der Waals surface area contributed by atoms with E-state index in [0.29, 0.717) is 0 Å². The molecule has 0 aromatic rings. The molecule has 0 aromatic carbocycles. The highest BCUT2D eigenvalue weighted by Gasteiger charge is 2.20. The van der Waals surface area contributed by atoms with Crippen molar-refractivity contribution in [3.63, 3.8) is 0 Å². The quantitative estimate of drug-likeness (QED) is 0.685. The average molecular weight is 169 g/mol. The van der Waals surface area contributed by atoms with E-state index in [9.17, 15) is 0 Å². The van der Waals surface area contributed by atoms with Crippen LogP contribution in [0.4, 0.5) is 0 Å². The summed E-state index contributed by atoms with van der Waals surface area (Å²) in [5, 5.41) is 3.67. The Morgan fingerprint density at radius 3 is 2.50 bits per heavy atom. The molecule has 1 saturated carbocycles. The van der Waals surface area contributed by atoms with Gasteiger partial charge in [0.2, 0.25) is 0 Å². The second-order valence-corrected chi connectivity index (χ2v) is 4.67. The van der Waals surface area contributed by atoms with E-state index in [0.717, 1.165) is 17.9 Å². The first kappa shape index (κ1) is 10.0. The van der Waals surface area contributed by atoms with E-state index >= 15 is 0 Å². The van der Waals surface area contributed by atoms with Gasteiger partial charge in [0.25, 0.3) is 0 Å². The minimum absolute atomic E-state index is 0.791. The Labute approximate surface area is 76.9 Å². The maximum atomic E-state index is 3.67. The topological polar surface area (TPSA) is 12.0 Å². The summed E-state index contributed by atoms with van der Waals surface area (Å²) in [5.74, 6) is 1.69. The first-order valence-electron chi connectivity index (χ1n) is 5.43. The third-order valence-electron chi connectivity index (χ3n) is 2.90. The molecule has 0 spiro atoms. The molecule has 0 aliphatic heterocycles. The minimum atomic E-state index is 0.791. The molecule has 1 aliphatic rings. The van der Waals surface area contributed by atoms with Crippen molar-refractivity contribution in [2.45, 2.75) is 52.5 Å². The van der Waals surface area contributed by atoms with Crippen LogP contribution < -0.4 is 5.32 Å². The highest BCUT2D eigenvalue weighted by molar-refractivity contribution is 4.78. The van der Waals surface area contributed by atoms with E-state index < -0.39 is 0 Å². The van der Waals surface area contributed by atoms with Crippen LogP contribution in [0.5, 0.6) is 0 Å². The highest BCUT2D eigenvalue weighted by Crippen LogP contribution is 2.23. The molecule has 12 heavy (non-hydrogen) atoms. The highest BCUT2D eigenvalue weighted by atomic mass is 14.9. The van der Waals surface area contributed by atoms with Crippen LogP contribution >= 0.6 is 0 Å². The molecule has 0 saturated heterocycles. The Bertz CT molecular complexity index is 120. The second-order valence-electron chi connectivity index (χ2n) is 4.67. The number of hydrogen-bond donors (Lipinski definition) is 1. The summed E-state index contributed by atoms with van der Waals surface area (Å²) in [6, 6.07) is 0.807. The van der Waals surface area contributed by atoms with Gasteiger partial charge < -0.3 is 5.32 Å². The molecule has 2 atom stereocenters. The van der Waals surface area contributed by atoms with Crippen molar-refractivity contribution in [2.24, 2.45) is 11.8 Å². The molecule has 1 heteroatoms. The molecule has 0 amide bonds. The van der Waals surface area contributed by atoms with Crippen LogP contribution in [-0.4, -0.2) is 12.6 Å². The van der Waals surface area contributed by atoms with Crippen LogP contribution in [0.1, 0.15) is 46.5 Å². The van der Waals surface area contributed by atoms with E-state index in [1.54, 1.807) is 0 Å². The molecular formula is C11H23N. The normalized spacial score (nSPS) is 31.0. The van der Waals surface area contributed by atoms with Gasteiger partial charge in [0, 0.05) is 6.04 Å². The largest absolute Gasteiger partial charge is 0.313 e. The van der Waals surface area contributed by atoms with Crippen molar-refractivity contribution >= 4 is 0 Å². The van der Waals surface area contributed by atoms with Crippen LogP contribution in [0.2, 0.25) is 0 Å². The van der Waals surface area contributed by atoms with Gasteiger partial charge in [-0.05, 0) is 31.2 Å². The number of hydrogen-bond acceptors (Lipinski definition) is 1. The van der Waals surface area contributed by atoms with Crippen molar-refractivity contribution in [1.29, 1.82) is 0 Å². The van der Waals surface area contributed by atoms with Crippen LogP contribution in [0, 0.1) is 11.8 Å². The predicted molar refractivity (Wildman–Crippen MR) is 54.3 cm³/mol. The Kier molecular flexibility index (Phi) is 4.07. The predicted octanol–water partition coefficient (Wildman–Crippen LogP) is 2.81. The Balaban J connectivity index is 2.20. The molecule has 1 fully saturated rings. The third kappa shape index (κ3) is 3.14. The average Bonchev–Trinajstić information content (AvgIpc) is 2.03. The Hall–Kier alpha value is -0.0400. The lowest BCUT2D eigenvalue weighted by atomic mass is 9.86. The van der Waals surface area contributed by atoms with Gasteiger partial charge in [0.1, 0.15) is 0 Å². The molecule has 1 N–H and O–H groups in total. The van der Waals surface area contributed by atoms with Crippen LogP contribution in [0.15, 0.2) is 0 Å². The van der Waals surface area contributed by atoms with E-state index in [-0.39, 0.29) is 0 Å². The van der Waals surface area contributed by atoms with Crippen molar-refractivity contribution in [1.82, 2.24) is 5.32 Å². The fraction of sp³-hybridized carbons (Fsp3) is 1.00. The summed E-state index contributed by atoms with van der Waals surface area (Å²) in [4.78, 5) is 0. The van der Waals surface area contributed by atoms with Crippen LogP contribution in [-0.2, 0) is 0 Å². The molecule has 72 valence electrons. The van der Waals surface area contributed by atoms with E-state index in [4.69, 9.17) is 0 Å². The zero-order valence-electron chi connectivity index (χ0n) is 8.77. The lowest BCUT2D eigenvalue weighted by Gasteiger charge is -2.30. The first-order chi connectivity index (χ1) is 5.70.